The minimum Gasteiger partial charge on any atom is -0.453 e. The Morgan fingerprint density at radius 1 is 1.30 bits per heavy atom. The SMILES string of the molecule is COC(=O)Nc1cnn(CC(=O)Nc2cccc3[nH]ccc23)n1. The summed E-state index contributed by atoms with van der Waals surface area (Å²) >= 11 is 0. The van der Waals surface area contributed by atoms with Gasteiger partial charge in [0.2, 0.25) is 5.91 Å². The van der Waals surface area contributed by atoms with Crippen LogP contribution in [0, 0.1) is 0 Å². The highest BCUT2D eigenvalue weighted by Crippen LogP contribution is 2.21. The lowest BCUT2D eigenvalue weighted by molar-refractivity contribution is -0.117. The van der Waals surface area contributed by atoms with Gasteiger partial charge in [0.1, 0.15) is 6.54 Å². The first kappa shape index (κ1) is 14.6. The van der Waals surface area contributed by atoms with Gasteiger partial charge in [0.25, 0.3) is 0 Å². The number of aromatic amines is 1. The molecular weight excluding hydrogens is 300 g/mol. The summed E-state index contributed by atoms with van der Waals surface area (Å²) in [6.07, 6.45) is 2.48. The molecule has 0 atom stereocenters. The van der Waals surface area contributed by atoms with Gasteiger partial charge >= 0.3 is 6.09 Å². The lowest BCUT2D eigenvalue weighted by atomic mass is 10.2. The molecule has 118 valence electrons. The van der Waals surface area contributed by atoms with E-state index >= 15 is 0 Å². The summed E-state index contributed by atoms with van der Waals surface area (Å²) in [6.45, 7) is -0.0797. The van der Waals surface area contributed by atoms with Gasteiger partial charge in [-0.15, -0.1) is 5.10 Å². The van der Waals surface area contributed by atoms with E-state index in [1.807, 2.05) is 24.3 Å². The van der Waals surface area contributed by atoms with E-state index in [2.05, 4.69) is 30.6 Å². The summed E-state index contributed by atoms with van der Waals surface area (Å²) in [4.78, 5) is 27.4. The van der Waals surface area contributed by atoms with Crippen molar-refractivity contribution in [3.63, 3.8) is 0 Å². The van der Waals surface area contributed by atoms with Crippen molar-refractivity contribution in [2.75, 3.05) is 17.7 Å². The molecule has 3 aromatic rings. The number of rotatable bonds is 4. The van der Waals surface area contributed by atoms with Crippen molar-refractivity contribution in [3.05, 3.63) is 36.7 Å². The highest BCUT2D eigenvalue weighted by Gasteiger charge is 2.10. The molecule has 1 aromatic carbocycles. The fourth-order valence-corrected chi connectivity index (χ4v) is 2.10. The fourth-order valence-electron chi connectivity index (χ4n) is 2.10. The standard InChI is InChI=1S/C14H14N6O3/c1-23-14(22)18-12-7-16-20(19-12)8-13(21)17-11-4-2-3-10-9(11)5-6-15-10/h2-7,15H,8H2,1H3,(H,17,21)(H,18,19,22). The van der Waals surface area contributed by atoms with Crippen LogP contribution in [-0.2, 0) is 16.1 Å². The average molecular weight is 314 g/mol. The zero-order chi connectivity index (χ0) is 16.2. The van der Waals surface area contributed by atoms with E-state index in [1.54, 1.807) is 6.20 Å². The molecule has 9 nitrogen and oxygen atoms in total. The summed E-state index contributed by atoms with van der Waals surface area (Å²) in [7, 11) is 1.24. The van der Waals surface area contributed by atoms with Crippen molar-refractivity contribution in [3.8, 4) is 0 Å². The Hall–Kier alpha value is -3.36. The molecule has 0 unspecified atom stereocenters. The van der Waals surface area contributed by atoms with Crippen LogP contribution in [0.4, 0.5) is 16.3 Å². The quantitative estimate of drug-likeness (QED) is 0.676. The molecule has 0 saturated heterocycles. The summed E-state index contributed by atoms with van der Waals surface area (Å²) in [5.41, 5.74) is 1.64. The van der Waals surface area contributed by atoms with Gasteiger partial charge in [-0.25, -0.2) is 4.79 Å². The van der Waals surface area contributed by atoms with Crippen LogP contribution in [0.3, 0.4) is 0 Å². The molecule has 2 aromatic heterocycles. The van der Waals surface area contributed by atoms with Crippen LogP contribution in [0.25, 0.3) is 10.9 Å². The van der Waals surface area contributed by atoms with Crippen LogP contribution in [0.15, 0.2) is 36.7 Å². The van der Waals surface area contributed by atoms with Gasteiger partial charge in [0.05, 0.1) is 19.0 Å². The maximum absolute atomic E-state index is 12.1. The molecular formula is C14H14N6O3. The van der Waals surface area contributed by atoms with Crippen LogP contribution < -0.4 is 10.6 Å². The highest BCUT2D eigenvalue weighted by molar-refractivity contribution is 6.01. The first-order chi connectivity index (χ1) is 11.2. The Bertz CT molecular complexity index is 853. The summed E-state index contributed by atoms with van der Waals surface area (Å²) in [6, 6.07) is 7.47. The van der Waals surface area contributed by atoms with E-state index in [1.165, 1.54) is 18.1 Å². The first-order valence-electron chi connectivity index (χ1n) is 6.77. The second-order valence-corrected chi connectivity index (χ2v) is 4.67. The highest BCUT2D eigenvalue weighted by atomic mass is 16.5. The molecule has 0 aliphatic heterocycles. The molecule has 3 N–H and O–H groups in total. The number of anilines is 2. The molecule has 0 saturated carbocycles. The number of aromatic nitrogens is 4. The number of methoxy groups -OCH3 is 1. The second kappa shape index (κ2) is 6.18. The van der Waals surface area contributed by atoms with E-state index in [4.69, 9.17) is 0 Å². The molecule has 2 amide bonds. The molecule has 3 rings (SSSR count). The summed E-state index contributed by atoms with van der Waals surface area (Å²) in [5, 5.41) is 14.0. The number of carbonyl (C=O) groups is 2. The van der Waals surface area contributed by atoms with E-state index in [9.17, 15) is 9.59 Å². The predicted molar refractivity (Wildman–Crippen MR) is 83.0 cm³/mol. The minimum absolute atomic E-state index is 0.0797. The van der Waals surface area contributed by atoms with Gasteiger partial charge in [-0.1, -0.05) is 6.07 Å². The zero-order valence-corrected chi connectivity index (χ0v) is 12.2. The first-order valence-corrected chi connectivity index (χ1v) is 6.77. The van der Waals surface area contributed by atoms with Crippen molar-refractivity contribution in [2.45, 2.75) is 6.54 Å². The van der Waals surface area contributed by atoms with Crippen LogP contribution >= 0.6 is 0 Å². The van der Waals surface area contributed by atoms with E-state index in [0.29, 0.717) is 5.69 Å². The van der Waals surface area contributed by atoms with Crippen LogP contribution in [0.1, 0.15) is 0 Å². The Morgan fingerprint density at radius 3 is 3.00 bits per heavy atom. The predicted octanol–water partition coefficient (Wildman–Crippen LogP) is 1.58. The molecule has 0 aliphatic rings. The summed E-state index contributed by atoms with van der Waals surface area (Å²) in [5.74, 6) is -0.0729. The normalized spacial score (nSPS) is 10.5. The van der Waals surface area contributed by atoms with Crippen molar-refractivity contribution >= 4 is 34.4 Å². The third-order valence-corrected chi connectivity index (χ3v) is 3.11. The van der Waals surface area contributed by atoms with Gasteiger partial charge in [-0.3, -0.25) is 10.1 Å². The van der Waals surface area contributed by atoms with Crippen LogP contribution in [-0.4, -0.2) is 39.1 Å². The molecule has 0 fully saturated rings. The van der Waals surface area contributed by atoms with E-state index < -0.39 is 6.09 Å². The molecule has 0 spiro atoms. The number of nitrogens with one attached hydrogen (secondary N) is 3. The van der Waals surface area contributed by atoms with Crippen LogP contribution in [0.5, 0.6) is 0 Å². The lowest BCUT2D eigenvalue weighted by Crippen LogP contribution is -2.20. The van der Waals surface area contributed by atoms with Crippen LogP contribution in [0.2, 0.25) is 0 Å². The number of carbonyl (C=O) groups excluding carboxylic acids is 2. The van der Waals surface area contributed by atoms with E-state index in [0.717, 1.165) is 10.9 Å². The molecule has 2 heterocycles. The molecule has 0 radical (unpaired) electrons. The third-order valence-electron chi connectivity index (χ3n) is 3.11. The minimum atomic E-state index is -0.652. The molecule has 0 bridgehead atoms. The number of hydrogen-bond acceptors (Lipinski definition) is 5. The Labute approximate surface area is 130 Å². The van der Waals surface area contributed by atoms with Gasteiger partial charge in [0.15, 0.2) is 5.82 Å². The maximum atomic E-state index is 12.1. The zero-order valence-electron chi connectivity index (χ0n) is 12.2. The second-order valence-electron chi connectivity index (χ2n) is 4.67. The maximum Gasteiger partial charge on any atom is 0.412 e. The topological polar surface area (TPSA) is 114 Å². The fraction of sp³-hybridized carbons (Fsp3) is 0.143. The summed E-state index contributed by atoms with van der Waals surface area (Å²) < 4.78 is 4.45. The monoisotopic (exact) mass is 314 g/mol. The number of ether oxygens (including phenoxy) is 1. The number of benzene rings is 1. The number of H-pyrrole nitrogens is 1. The lowest BCUT2D eigenvalue weighted by Gasteiger charge is -2.06. The smallest absolute Gasteiger partial charge is 0.412 e. The molecule has 23 heavy (non-hydrogen) atoms. The van der Waals surface area contributed by atoms with Gasteiger partial charge in [-0.05, 0) is 18.2 Å². The van der Waals surface area contributed by atoms with Crippen molar-refractivity contribution in [1.29, 1.82) is 0 Å². The Balaban J connectivity index is 1.65. The largest absolute Gasteiger partial charge is 0.453 e. The van der Waals surface area contributed by atoms with Gasteiger partial charge in [-0.2, -0.15) is 9.90 Å². The van der Waals surface area contributed by atoms with Gasteiger partial charge < -0.3 is 15.0 Å². The average Bonchev–Trinajstić information content (AvgIpc) is 3.17. The van der Waals surface area contributed by atoms with Crippen molar-refractivity contribution in [1.82, 2.24) is 20.0 Å². The number of hydrogen-bond donors (Lipinski definition) is 3. The third kappa shape index (κ3) is 3.28. The number of fused-ring (bicyclic) bond motifs is 1. The van der Waals surface area contributed by atoms with Crippen molar-refractivity contribution in [2.24, 2.45) is 0 Å². The number of amides is 2. The number of nitrogens with zero attached hydrogens (tertiary/aromatic N) is 3. The molecule has 0 aliphatic carbocycles. The van der Waals surface area contributed by atoms with E-state index in [-0.39, 0.29) is 18.3 Å². The van der Waals surface area contributed by atoms with Crippen molar-refractivity contribution < 1.29 is 14.3 Å². The Morgan fingerprint density at radius 2 is 2.17 bits per heavy atom. The Kier molecular flexibility index (Phi) is 3.91. The molecule has 9 heteroatoms. The van der Waals surface area contributed by atoms with Gasteiger partial charge in [0, 0.05) is 17.1 Å².